The first kappa shape index (κ1) is 12.3. The van der Waals surface area contributed by atoms with Crippen LogP contribution in [-0.4, -0.2) is 23.9 Å². The van der Waals surface area contributed by atoms with E-state index in [0.717, 1.165) is 12.8 Å². The van der Waals surface area contributed by atoms with Crippen LogP contribution in [-0.2, 0) is 4.74 Å². The van der Waals surface area contributed by atoms with Crippen molar-refractivity contribution in [2.75, 3.05) is 0 Å². The first-order valence-corrected chi connectivity index (χ1v) is 5.52. The summed E-state index contributed by atoms with van der Waals surface area (Å²) in [5, 5.41) is 2.59. The summed E-state index contributed by atoms with van der Waals surface area (Å²) in [6, 6.07) is -0.367. The van der Waals surface area contributed by atoms with Crippen molar-refractivity contribution in [2.24, 2.45) is 0 Å². The predicted octanol–water partition coefficient (Wildman–Crippen LogP) is 2.79. The van der Waals surface area contributed by atoms with E-state index in [2.05, 4.69) is 5.32 Å². The Morgan fingerprint density at radius 3 is 2.47 bits per heavy atom. The van der Waals surface area contributed by atoms with Crippen LogP contribution < -0.4 is 5.32 Å². The summed E-state index contributed by atoms with van der Waals surface area (Å²) in [7, 11) is 0. The zero-order valence-electron chi connectivity index (χ0n) is 9.68. The number of carbonyl (C=O) groups excluding carboxylic acids is 1. The lowest BCUT2D eigenvalue weighted by molar-refractivity contribution is 0.0451. The Morgan fingerprint density at radius 1 is 1.33 bits per heavy atom. The molecule has 0 aromatic rings. The van der Waals surface area contributed by atoms with Gasteiger partial charge in [0.2, 0.25) is 0 Å². The molecular weight excluding hydrogens is 197 g/mol. The minimum atomic E-state index is -0.925. The number of rotatable bonds is 1. The number of ether oxygens (including phenoxy) is 1. The smallest absolute Gasteiger partial charge is 0.407 e. The standard InChI is InChI=1S/C11H20FNO2/c1-11(2,3)15-10(14)13-9-7-5-4-6-8(9)12/h8-9H,4-7H2,1-3H3,(H,13,14). The molecule has 4 heteroatoms. The number of hydrogen-bond donors (Lipinski definition) is 1. The molecule has 1 fully saturated rings. The second-order valence-electron chi connectivity index (χ2n) is 5.05. The molecule has 1 amide bonds. The van der Waals surface area contributed by atoms with Crippen molar-refractivity contribution in [1.29, 1.82) is 0 Å². The summed E-state index contributed by atoms with van der Waals surface area (Å²) >= 11 is 0. The number of alkyl halides is 1. The van der Waals surface area contributed by atoms with Crippen molar-refractivity contribution in [3.05, 3.63) is 0 Å². The maximum Gasteiger partial charge on any atom is 0.407 e. The molecule has 1 aliphatic carbocycles. The average molecular weight is 217 g/mol. The largest absolute Gasteiger partial charge is 0.444 e. The van der Waals surface area contributed by atoms with Gasteiger partial charge in [0.15, 0.2) is 0 Å². The SMILES string of the molecule is CC(C)(C)OC(=O)NC1CCCCC1F. The lowest BCUT2D eigenvalue weighted by atomic mass is 9.94. The molecule has 0 spiro atoms. The molecule has 0 radical (unpaired) electrons. The highest BCUT2D eigenvalue weighted by molar-refractivity contribution is 5.68. The summed E-state index contributed by atoms with van der Waals surface area (Å²) in [5.74, 6) is 0. The molecule has 88 valence electrons. The maximum atomic E-state index is 13.4. The predicted molar refractivity (Wildman–Crippen MR) is 56.5 cm³/mol. The van der Waals surface area contributed by atoms with Crippen molar-refractivity contribution < 1.29 is 13.9 Å². The van der Waals surface area contributed by atoms with Crippen LogP contribution in [0, 0.1) is 0 Å². The van der Waals surface area contributed by atoms with Crippen LogP contribution in [0.2, 0.25) is 0 Å². The normalized spacial score (nSPS) is 27.2. The van der Waals surface area contributed by atoms with E-state index in [1.54, 1.807) is 20.8 Å². The molecule has 0 heterocycles. The van der Waals surface area contributed by atoms with E-state index < -0.39 is 17.9 Å². The number of amides is 1. The van der Waals surface area contributed by atoms with Gasteiger partial charge in [-0.15, -0.1) is 0 Å². The Balaban J connectivity index is 2.36. The highest BCUT2D eigenvalue weighted by Crippen LogP contribution is 2.21. The molecule has 0 bridgehead atoms. The summed E-state index contributed by atoms with van der Waals surface area (Å²) in [5.41, 5.74) is -0.523. The van der Waals surface area contributed by atoms with Crippen molar-refractivity contribution >= 4 is 6.09 Å². The minimum Gasteiger partial charge on any atom is -0.444 e. The van der Waals surface area contributed by atoms with Crippen LogP contribution in [0.4, 0.5) is 9.18 Å². The second-order valence-corrected chi connectivity index (χ2v) is 5.05. The molecule has 3 nitrogen and oxygen atoms in total. The minimum absolute atomic E-state index is 0.367. The second kappa shape index (κ2) is 4.81. The monoisotopic (exact) mass is 217 g/mol. The number of hydrogen-bond acceptors (Lipinski definition) is 2. The topological polar surface area (TPSA) is 38.3 Å². The number of carbonyl (C=O) groups is 1. The third-order valence-corrected chi connectivity index (χ3v) is 2.38. The first-order chi connectivity index (χ1) is 6.88. The quantitative estimate of drug-likeness (QED) is 0.733. The van der Waals surface area contributed by atoms with Crippen LogP contribution in [0.15, 0.2) is 0 Å². The summed E-state index contributed by atoms with van der Waals surface area (Å²) in [6.07, 6.45) is 1.69. The lowest BCUT2D eigenvalue weighted by Crippen LogP contribution is -2.45. The molecule has 1 rings (SSSR count). The van der Waals surface area contributed by atoms with Crippen LogP contribution >= 0.6 is 0 Å². The van der Waals surface area contributed by atoms with Crippen LogP contribution in [0.1, 0.15) is 46.5 Å². The van der Waals surface area contributed by atoms with E-state index >= 15 is 0 Å². The third-order valence-electron chi connectivity index (χ3n) is 2.38. The van der Waals surface area contributed by atoms with Gasteiger partial charge in [-0.25, -0.2) is 9.18 Å². The van der Waals surface area contributed by atoms with Crippen molar-refractivity contribution in [2.45, 2.75) is 64.3 Å². The van der Waals surface area contributed by atoms with E-state index in [1.807, 2.05) is 0 Å². The fourth-order valence-corrected chi connectivity index (χ4v) is 1.71. The van der Waals surface area contributed by atoms with Gasteiger partial charge in [0.25, 0.3) is 0 Å². The fourth-order valence-electron chi connectivity index (χ4n) is 1.71. The third kappa shape index (κ3) is 4.49. The van der Waals surface area contributed by atoms with Crippen molar-refractivity contribution in [3.63, 3.8) is 0 Å². The fraction of sp³-hybridized carbons (Fsp3) is 0.909. The van der Waals surface area contributed by atoms with Crippen LogP contribution in [0.5, 0.6) is 0 Å². The molecule has 15 heavy (non-hydrogen) atoms. The summed E-state index contributed by atoms with van der Waals surface area (Å²) in [4.78, 5) is 11.4. The molecule has 1 aliphatic rings. The molecule has 2 atom stereocenters. The molecule has 2 unspecified atom stereocenters. The highest BCUT2D eigenvalue weighted by atomic mass is 19.1. The Kier molecular flexibility index (Phi) is 3.94. The Hall–Kier alpha value is -0.800. The lowest BCUT2D eigenvalue weighted by Gasteiger charge is -2.28. The van der Waals surface area contributed by atoms with Gasteiger partial charge in [-0.2, -0.15) is 0 Å². The maximum absolute atomic E-state index is 13.4. The van der Waals surface area contributed by atoms with E-state index in [0.29, 0.717) is 12.8 Å². The van der Waals surface area contributed by atoms with E-state index in [1.165, 1.54) is 0 Å². The molecule has 0 aliphatic heterocycles. The summed E-state index contributed by atoms with van der Waals surface area (Å²) in [6.45, 7) is 5.38. The number of nitrogens with one attached hydrogen (secondary N) is 1. The zero-order chi connectivity index (χ0) is 11.5. The Bertz CT molecular complexity index is 225. The Labute approximate surface area is 90.4 Å². The zero-order valence-corrected chi connectivity index (χ0v) is 9.68. The van der Waals surface area contributed by atoms with Gasteiger partial charge in [0.05, 0.1) is 6.04 Å². The van der Waals surface area contributed by atoms with Crippen molar-refractivity contribution in [3.8, 4) is 0 Å². The van der Waals surface area contributed by atoms with E-state index in [9.17, 15) is 9.18 Å². The highest BCUT2D eigenvalue weighted by Gasteiger charge is 2.27. The van der Waals surface area contributed by atoms with Crippen LogP contribution in [0.25, 0.3) is 0 Å². The van der Waals surface area contributed by atoms with E-state index in [4.69, 9.17) is 4.74 Å². The number of halogens is 1. The van der Waals surface area contributed by atoms with Gasteiger partial charge >= 0.3 is 6.09 Å². The average Bonchev–Trinajstić information content (AvgIpc) is 2.05. The van der Waals surface area contributed by atoms with E-state index in [-0.39, 0.29) is 6.04 Å². The van der Waals surface area contributed by atoms with Gasteiger partial charge < -0.3 is 10.1 Å². The molecule has 1 saturated carbocycles. The molecule has 1 N–H and O–H groups in total. The Morgan fingerprint density at radius 2 is 1.93 bits per heavy atom. The molecule has 0 aromatic carbocycles. The summed E-state index contributed by atoms with van der Waals surface area (Å²) < 4.78 is 18.4. The first-order valence-electron chi connectivity index (χ1n) is 5.52. The molecular formula is C11H20FNO2. The van der Waals surface area contributed by atoms with Gasteiger partial charge in [0, 0.05) is 0 Å². The van der Waals surface area contributed by atoms with Gasteiger partial charge in [-0.1, -0.05) is 12.8 Å². The van der Waals surface area contributed by atoms with Gasteiger partial charge in [-0.05, 0) is 33.6 Å². The number of alkyl carbamates (subject to hydrolysis) is 1. The van der Waals surface area contributed by atoms with Crippen LogP contribution in [0.3, 0.4) is 0 Å². The van der Waals surface area contributed by atoms with Gasteiger partial charge in [-0.3, -0.25) is 0 Å². The van der Waals surface area contributed by atoms with Crippen molar-refractivity contribution in [1.82, 2.24) is 5.32 Å². The molecule has 0 saturated heterocycles. The van der Waals surface area contributed by atoms with Gasteiger partial charge in [0.1, 0.15) is 11.8 Å². The molecule has 0 aromatic heterocycles.